The summed E-state index contributed by atoms with van der Waals surface area (Å²) < 4.78 is 0. The van der Waals surface area contributed by atoms with Crippen LogP contribution in [0.15, 0.2) is 12.5 Å². The van der Waals surface area contributed by atoms with E-state index in [1.54, 1.807) is 47.8 Å². The predicted octanol–water partition coefficient (Wildman–Crippen LogP) is -7.69. The first-order valence-electron chi connectivity index (χ1n) is 41.7. The van der Waals surface area contributed by atoms with Crippen LogP contribution in [0.3, 0.4) is 0 Å². The Bertz CT molecular complexity index is 4010. The number of carboxylic acids is 5. The van der Waals surface area contributed by atoms with E-state index in [0.717, 1.165) is 13.8 Å². The van der Waals surface area contributed by atoms with Crippen LogP contribution >= 0.6 is 11.8 Å². The molecule has 0 unspecified atom stereocenters. The summed E-state index contributed by atoms with van der Waals surface area (Å²) in [4.78, 5) is 287. The van der Waals surface area contributed by atoms with Gasteiger partial charge in [-0.2, -0.15) is 11.8 Å². The molecule has 16 atom stereocenters. The van der Waals surface area contributed by atoms with Crippen molar-refractivity contribution in [2.45, 2.75) is 270 Å². The number of nitrogens with zero attached hydrogens (tertiary/aromatic N) is 1. The normalized spacial score (nSPS) is 14.9. The van der Waals surface area contributed by atoms with Crippen molar-refractivity contribution >= 4 is 142 Å². The number of H-pyrrole nitrogens is 1. The first-order chi connectivity index (χ1) is 60.2. The van der Waals surface area contributed by atoms with Crippen LogP contribution in [-0.4, -0.2) is 311 Å². The molecule has 0 aliphatic heterocycles. The number of aromatic nitrogens is 2. The minimum Gasteiger partial charge on any atom is -0.481 e. The maximum atomic E-state index is 14.3. The van der Waals surface area contributed by atoms with Gasteiger partial charge >= 0.3 is 29.8 Å². The third-order valence-electron chi connectivity index (χ3n) is 18.9. The lowest BCUT2D eigenvalue weighted by molar-refractivity contribution is -0.144. The molecule has 1 aromatic heterocycles. The van der Waals surface area contributed by atoms with Gasteiger partial charge in [-0.05, 0) is 113 Å². The molecule has 129 heavy (non-hydrogen) atoms. The van der Waals surface area contributed by atoms with E-state index >= 15 is 0 Å². The van der Waals surface area contributed by atoms with Crippen molar-refractivity contribution in [1.29, 1.82) is 5.41 Å². The number of nitrogens with two attached hydrogens (primary N) is 2. The number of carbonyl (C=O) groups is 21. The molecule has 0 aliphatic rings. The number of aliphatic hydroxyl groups excluding tert-OH is 2. The number of aliphatic hydroxyl groups is 2. The van der Waals surface area contributed by atoms with Crippen molar-refractivity contribution in [3.63, 3.8) is 0 Å². The van der Waals surface area contributed by atoms with Crippen molar-refractivity contribution in [3.8, 4) is 0 Å². The van der Waals surface area contributed by atoms with Gasteiger partial charge in [-0.3, -0.25) is 101 Å². The van der Waals surface area contributed by atoms with E-state index in [-0.39, 0.29) is 87.1 Å². The fraction of sp³-hybridized carbons (Fsp3) is 0.679. The van der Waals surface area contributed by atoms with Gasteiger partial charge in [-0.25, -0.2) is 9.78 Å². The first kappa shape index (κ1) is 115. The molecule has 0 aliphatic carbocycles. The molecular weight excluding hydrogens is 1730 g/mol. The number of rotatable bonds is 63. The third-order valence-corrected chi connectivity index (χ3v) is 19.6. The molecule has 0 aromatic carbocycles. The van der Waals surface area contributed by atoms with E-state index in [4.69, 9.17) is 16.9 Å². The molecule has 16 amide bonds. The highest BCUT2D eigenvalue weighted by molar-refractivity contribution is 7.98. The minimum absolute atomic E-state index is 0.00235. The Morgan fingerprint density at radius 2 is 0.752 bits per heavy atom. The van der Waals surface area contributed by atoms with Gasteiger partial charge in [-0.15, -0.1) is 0 Å². The molecule has 0 saturated heterocycles. The number of imidazole rings is 1. The van der Waals surface area contributed by atoms with E-state index < -0.39 is 297 Å². The van der Waals surface area contributed by atoms with Gasteiger partial charge in [0.25, 0.3) is 0 Å². The SMILES string of the molecule is CSCC[C@H](NC(=O)[C@H](CO)NC(=O)[C@H](C)NC(=O)[C@H](CCC(=O)O)NC(=O)[C@H](C)NC(=O)[C@H](Cc1c[nH]cn1)NC(=O)CNC(=O)[C@H](CC(C)C)NC(=O)[C@H](CCC(=O)O)NC(=O)[C@H](CC(=O)O)NC(=O)[C@H](CC(C)C)NC(=O)[C@@H](N)CC(C)C)C(=O)N[C@@H](CCCNC(=N)N)C(=O)N[C@H](C(=O)N[C@@H](CO)C(=O)N[C@@H](CC(=O)O)C(=O)N[C@@H](CC(C)C)C(=O)O)C(C)C. The molecule has 0 radical (unpaired) electrons. The Morgan fingerprint density at radius 3 is 1.16 bits per heavy atom. The lowest BCUT2D eigenvalue weighted by atomic mass is 10.00. The topological polar surface area (TPSA) is 809 Å². The Hall–Kier alpha value is -12.4. The highest BCUT2D eigenvalue weighted by atomic mass is 32.2. The Labute approximate surface area is 748 Å². The number of carbonyl (C=O) groups excluding carboxylic acids is 16. The number of thioether (sulfide) groups is 1. The first-order valence-corrected chi connectivity index (χ1v) is 43.1. The average Bonchev–Trinajstić information content (AvgIpc) is 1.16. The number of aliphatic carboxylic acids is 5. The van der Waals surface area contributed by atoms with Gasteiger partial charge in [0, 0.05) is 32.0 Å². The molecule has 0 spiro atoms. The Kier molecular flexibility index (Phi) is 52.3. The maximum absolute atomic E-state index is 14.3. The number of carboxylic acid groups (broad SMARTS) is 5. The van der Waals surface area contributed by atoms with Gasteiger partial charge in [0.15, 0.2) is 5.96 Å². The maximum Gasteiger partial charge on any atom is 0.326 e. The van der Waals surface area contributed by atoms with Crippen LogP contribution in [0.1, 0.15) is 172 Å². The summed E-state index contributed by atoms with van der Waals surface area (Å²) in [5.41, 5.74) is 11.7. The zero-order chi connectivity index (χ0) is 98.4. The number of amides is 16. The van der Waals surface area contributed by atoms with Crippen molar-refractivity contribution in [1.82, 2.24) is 100 Å². The fourth-order valence-electron chi connectivity index (χ4n) is 12.2. The molecule has 51 heteroatoms. The summed E-state index contributed by atoms with van der Waals surface area (Å²) in [6.45, 7) is 15.5. The largest absolute Gasteiger partial charge is 0.481 e. The second kappa shape index (κ2) is 58.8. The summed E-state index contributed by atoms with van der Waals surface area (Å²) in [7, 11) is 0. The van der Waals surface area contributed by atoms with Crippen molar-refractivity contribution < 1.29 is 136 Å². The second-order valence-electron chi connectivity index (χ2n) is 32.6. The quantitative estimate of drug-likeness (QED) is 0.0164. The van der Waals surface area contributed by atoms with Crippen LogP contribution in [0.25, 0.3) is 0 Å². The highest BCUT2D eigenvalue weighted by Crippen LogP contribution is 2.15. The number of nitrogens with one attached hydrogen (secondary N) is 19. The van der Waals surface area contributed by atoms with Crippen molar-refractivity contribution in [2.75, 3.05) is 38.3 Å². The number of hydrogen-bond donors (Lipinski definition) is 28. The zero-order valence-corrected chi connectivity index (χ0v) is 75.2. The minimum atomic E-state index is -1.91. The molecule has 30 N–H and O–H groups in total. The predicted molar refractivity (Wildman–Crippen MR) is 458 cm³/mol. The van der Waals surface area contributed by atoms with Crippen LogP contribution in [-0.2, 0) is 107 Å². The fourth-order valence-corrected chi connectivity index (χ4v) is 12.7. The summed E-state index contributed by atoms with van der Waals surface area (Å²) in [5.74, 6) is -27.3. The van der Waals surface area contributed by atoms with E-state index in [9.17, 15) is 136 Å². The molecular formula is C78H130N22O28S. The van der Waals surface area contributed by atoms with Crippen LogP contribution in [0.2, 0.25) is 0 Å². The molecule has 726 valence electrons. The van der Waals surface area contributed by atoms with Crippen LogP contribution < -0.4 is 102 Å². The smallest absolute Gasteiger partial charge is 0.326 e. The van der Waals surface area contributed by atoms with E-state index in [1.807, 2.05) is 13.8 Å². The summed E-state index contributed by atoms with van der Waals surface area (Å²) in [5, 5.41) is 116. The molecule has 0 fully saturated rings. The third kappa shape index (κ3) is 45.7. The highest BCUT2D eigenvalue weighted by Gasteiger charge is 2.40. The summed E-state index contributed by atoms with van der Waals surface area (Å²) in [6, 6.07) is -26.3. The lowest BCUT2D eigenvalue weighted by Crippen LogP contribution is -2.62. The van der Waals surface area contributed by atoms with Gasteiger partial charge < -0.3 is 143 Å². The molecule has 1 rings (SSSR count). The average molecular weight is 1860 g/mol. The van der Waals surface area contributed by atoms with E-state index in [1.165, 1.54) is 38.1 Å². The number of guanidine groups is 1. The van der Waals surface area contributed by atoms with Gasteiger partial charge in [-0.1, -0.05) is 69.2 Å². The number of hydrogen-bond acceptors (Lipinski definition) is 27. The van der Waals surface area contributed by atoms with Crippen LogP contribution in [0, 0.1) is 35.0 Å². The van der Waals surface area contributed by atoms with E-state index in [2.05, 4.69) is 100 Å². The monoisotopic (exact) mass is 1850 g/mol. The molecule has 0 saturated carbocycles. The van der Waals surface area contributed by atoms with Crippen LogP contribution in [0.5, 0.6) is 0 Å². The standard InChI is InChI=1S/C78H130N22O28S/c1-35(2)23-43(79)64(114)93-49(25-37(5)6)71(121)95-51(28-59(108)109)72(122)91-46(17-19-58(106)107)67(117)94-48(24-36(3)4)65(115)84-31-56(103)88-50(27-42-30-82-34-85-42)70(120)87-40(11)62(112)89-45(16-18-57(104)105)66(116)86-41(12)63(113)98-54(32-101)74(124)92-47(20-22-129-13)68(118)90-44(15-14-21-83-78(80)81)69(119)100-61(39(9)10)76(126)99-55(33-102)75(125)96-52(29-60(110)111)73(123)97-53(77(127)128)26-38(7)8/h30,34-41,43-55,61,101-102H,14-29,31-33,79H2,1-13H3,(H,82,85)(H,84,115)(H,86,116)(H,87,120)(H,88,103)(H,89,112)(H,90,118)(H,91,122)(H,92,124)(H,93,114)(H,94,117)(H,95,121)(H,96,125)(H,97,123)(H,98,113)(H,99,126)(H,100,119)(H,104,105)(H,106,107)(H,108,109)(H,110,111)(H,127,128)(H4,80,81,83)/t40-,41-,43-,44-,45-,46-,47-,48-,49-,50-,51-,52-,53-,54-,55-,61-/m0/s1. The van der Waals surface area contributed by atoms with Crippen molar-refractivity contribution in [3.05, 3.63) is 18.2 Å². The Morgan fingerprint density at radius 1 is 0.395 bits per heavy atom. The Balaban J connectivity index is 3.44. The van der Waals surface area contributed by atoms with Gasteiger partial charge in [0.05, 0.1) is 50.7 Å². The molecule has 50 nitrogen and oxygen atoms in total. The van der Waals surface area contributed by atoms with Gasteiger partial charge in [0.1, 0.15) is 90.6 Å². The molecule has 0 bridgehead atoms. The van der Waals surface area contributed by atoms with Crippen molar-refractivity contribution in [2.24, 2.45) is 41.1 Å². The van der Waals surface area contributed by atoms with Crippen LogP contribution in [0.4, 0.5) is 0 Å². The van der Waals surface area contributed by atoms with Gasteiger partial charge in [0.2, 0.25) is 94.5 Å². The lowest BCUT2D eigenvalue weighted by Gasteiger charge is -2.28. The zero-order valence-electron chi connectivity index (χ0n) is 74.4. The molecule has 1 heterocycles. The van der Waals surface area contributed by atoms with E-state index in [0.29, 0.717) is 0 Å². The summed E-state index contributed by atoms with van der Waals surface area (Å²) >= 11 is 1.20. The number of aromatic amines is 1. The second-order valence-corrected chi connectivity index (χ2v) is 33.6. The molecule has 1 aromatic rings. The summed E-state index contributed by atoms with van der Waals surface area (Å²) in [6.07, 6.45) is -1.55.